The Kier molecular flexibility index (Phi) is 3.73. The van der Waals surface area contributed by atoms with Gasteiger partial charge in [0.2, 0.25) is 0 Å². The van der Waals surface area contributed by atoms with Crippen LogP contribution in [-0.4, -0.2) is 10.7 Å². The zero-order valence-electron chi connectivity index (χ0n) is 12.6. The molecule has 2 aromatic rings. The normalized spacial score (nSPS) is 11.4. The van der Waals surface area contributed by atoms with Crippen LogP contribution >= 0.6 is 0 Å². The molecule has 1 aromatic carbocycles. The lowest BCUT2D eigenvalue weighted by atomic mass is 9.86. The Morgan fingerprint density at radius 3 is 2.14 bits per heavy atom. The van der Waals surface area contributed by atoms with Crippen molar-refractivity contribution in [3.8, 4) is 11.1 Å². The number of hydrogen-bond acceptors (Lipinski definition) is 3. The molecule has 4 nitrogen and oxygen atoms in total. The fourth-order valence-electron chi connectivity index (χ4n) is 2.24. The molecule has 110 valence electrons. The van der Waals surface area contributed by atoms with Crippen LogP contribution in [-0.2, 0) is 5.41 Å². The van der Waals surface area contributed by atoms with Crippen molar-refractivity contribution in [3.05, 3.63) is 58.0 Å². The molecule has 0 bridgehead atoms. The van der Waals surface area contributed by atoms with Gasteiger partial charge in [0.05, 0.1) is 0 Å². The first-order valence-corrected chi connectivity index (χ1v) is 6.76. The monoisotopic (exact) mass is 284 g/mol. The van der Waals surface area contributed by atoms with Gasteiger partial charge in [0.1, 0.15) is 6.09 Å². The second-order valence-electron chi connectivity index (χ2n) is 6.12. The number of benzene rings is 1. The lowest BCUT2D eigenvalue weighted by Crippen LogP contribution is -2.37. The molecule has 1 aromatic heterocycles. The van der Waals surface area contributed by atoms with Crippen molar-refractivity contribution in [1.82, 2.24) is 4.57 Å². The molecule has 0 aliphatic rings. The van der Waals surface area contributed by atoms with E-state index in [9.17, 15) is 14.7 Å². The molecule has 2 rings (SSSR count). The summed E-state index contributed by atoms with van der Waals surface area (Å²) in [4.78, 5) is 22.8. The molecule has 0 unspecified atom stereocenters. The van der Waals surface area contributed by atoms with Gasteiger partial charge in [-0.3, -0.25) is 9.36 Å². The van der Waals surface area contributed by atoms with Crippen LogP contribution in [0.15, 0.2) is 41.3 Å². The Morgan fingerprint density at radius 1 is 1.10 bits per heavy atom. The van der Waals surface area contributed by atoms with E-state index >= 15 is 0 Å². The highest BCUT2D eigenvalue weighted by molar-refractivity contribution is 5.71. The molecule has 0 saturated carbocycles. The van der Waals surface area contributed by atoms with Gasteiger partial charge in [-0.25, -0.2) is 0 Å². The summed E-state index contributed by atoms with van der Waals surface area (Å²) in [5.74, 6) is 0. The Morgan fingerprint density at radius 2 is 1.67 bits per heavy atom. The highest BCUT2D eigenvalue weighted by Gasteiger charge is 2.14. The molecular weight excluding hydrogens is 266 g/mol. The first-order chi connectivity index (χ1) is 9.71. The van der Waals surface area contributed by atoms with Crippen LogP contribution in [0.4, 0.5) is 4.79 Å². The Hall–Kier alpha value is -2.36. The number of carbonyl (C=O) groups is 1. The molecule has 0 aliphatic carbocycles. The van der Waals surface area contributed by atoms with Crippen molar-refractivity contribution < 1.29 is 9.90 Å². The standard InChI is InChI=1S/C17H19NO3/c1-11-14(9-10-18(15(11)19)16(20)21)12-5-7-13(8-6-12)17(2,3)4/h5-10H,1-4H3,(H,20,21)/p-1. The van der Waals surface area contributed by atoms with Gasteiger partial charge in [0, 0.05) is 11.8 Å². The molecule has 0 amide bonds. The van der Waals surface area contributed by atoms with Crippen LogP contribution in [0, 0.1) is 6.92 Å². The van der Waals surface area contributed by atoms with E-state index in [1.54, 1.807) is 13.0 Å². The van der Waals surface area contributed by atoms with Crippen LogP contribution in [0.2, 0.25) is 0 Å². The quantitative estimate of drug-likeness (QED) is 0.807. The smallest absolute Gasteiger partial charge is 0.259 e. The molecule has 0 saturated heterocycles. The number of hydrogen-bond donors (Lipinski definition) is 0. The summed E-state index contributed by atoms with van der Waals surface area (Å²) in [6, 6.07) is 9.58. The van der Waals surface area contributed by atoms with Gasteiger partial charge in [-0.1, -0.05) is 45.0 Å². The van der Waals surface area contributed by atoms with Crippen molar-refractivity contribution >= 4 is 6.09 Å². The number of pyridine rings is 1. The fourth-order valence-corrected chi connectivity index (χ4v) is 2.24. The summed E-state index contributed by atoms with van der Waals surface area (Å²) >= 11 is 0. The van der Waals surface area contributed by atoms with E-state index < -0.39 is 11.7 Å². The van der Waals surface area contributed by atoms with Crippen LogP contribution < -0.4 is 10.7 Å². The molecule has 0 fully saturated rings. The van der Waals surface area contributed by atoms with Gasteiger partial charge in [-0.2, -0.15) is 0 Å². The molecule has 0 N–H and O–H groups in total. The van der Waals surface area contributed by atoms with Crippen LogP contribution in [0.1, 0.15) is 31.9 Å². The Labute approximate surface area is 123 Å². The Balaban J connectivity index is 2.51. The van der Waals surface area contributed by atoms with E-state index in [0.717, 1.165) is 11.1 Å². The number of rotatable bonds is 1. The molecule has 0 atom stereocenters. The topological polar surface area (TPSA) is 62.1 Å². The van der Waals surface area contributed by atoms with Crippen LogP contribution in [0.25, 0.3) is 11.1 Å². The zero-order valence-corrected chi connectivity index (χ0v) is 12.6. The number of aromatic nitrogens is 1. The molecule has 0 aliphatic heterocycles. The lowest BCUT2D eigenvalue weighted by Gasteiger charge is -2.19. The van der Waals surface area contributed by atoms with Crippen molar-refractivity contribution in [2.75, 3.05) is 0 Å². The van der Waals surface area contributed by atoms with Crippen LogP contribution in [0.3, 0.4) is 0 Å². The maximum absolute atomic E-state index is 12.0. The van der Waals surface area contributed by atoms with E-state index in [2.05, 4.69) is 20.8 Å². The lowest BCUT2D eigenvalue weighted by molar-refractivity contribution is -0.250. The summed E-state index contributed by atoms with van der Waals surface area (Å²) in [5.41, 5.74) is 2.72. The molecule has 21 heavy (non-hydrogen) atoms. The minimum absolute atomic E-state index is 0.0615. The fraction of sp³-hybridized carbons (Fsp3) is 0.294. The summed E-state index contributed by atoms with van der Waals surface area (Å²) in [6.07, 6.45) is -0.282. The van der Waals surface area contributed by atoms with Gasteiger partial charge in [-0.15, -0.1) is 0 Å². The molecule has 0 radical (unpaired) electrons. The van der Waals surface area contributed by atoms with Gasteiger partial charge < -0.3 is 9.90 Å². The predicted octanol–water partition coefficient (Wildman–Crippen LogP) is 2.31. The number of carbonyl (C=O) groups excluding carboxylic acids is 1. The largest absolute Gasteiger partial charge is 0.529 e. The van der Waals surface area contributed by atoms with Gasteiger partial charge in [-0.05, 0) is 35.1 Å². The summed E-state index contributed by atoms with van der Waals surface area (Å²) in [6.45, 7) is 8.02. The van der Waals surface area contributed by atoms with E-state index in [1.807, 2.05) is 24.3 Å². The van der Waals surface area contributed by atoms with Crippen LogP contribution in [0.5, 0.6) is 0 Å². The minimum Gasteiger partial charge on any atom is -0.529 e. The predicted molar refractivity (Wildman–Crippen MR) is 80.4 cm³/mol. The van der Waals surface area contributed by atoms with Crippen molar-refractivity contribution in [2.45, 2.75) is 33.1 Å². The average molecular weight is 284 g/mol. The summed E-state index contributed by atoms with van der Waals surface area (Å²) in [5, 5.41) is 10.8. The average Bonchev–Trinajstić information content (AvgIpc) is 2.40. The van der Waals surface area contributed by atoms with Crippen molar-refractivity contribution in [2.24, 2.45) is 0 Å². The second-order valence-corrected chi connectivity index (χ2v) is 6.12. The number of carboxylic acid groups (broad SMARTS) is 1. The molecule has 0 spiro atoms. The Bertz CT molecular complexity index is 734. The SMILES string of the molecule is Cc1c(-c2ccc(C(C)(C)C)cc2)ccn(C(=O)[O-])c1=O. The molecular formula is C17H18NO3-. The third-order valence-electron chi connectivity index (χ3n) is 3.59. The minimum atomic E-state index is -1.52. The van der Waals surface area contributed by atoms with E-state index in [1.165, 1.54) is 11.8 Å². The van der Waals surface area contributed by atoms with Gasteiger partial charge in [0.15, 0.2) is 0 Å². The van der Waals surface area contributed by atoms with E-state index in [-0.39, 0.29) is 5.41 Å². The summed E-state index contributed by atoms with van der Waals surface area (Å²) in [7, 11) is 0. The van der Waals surface area contributed by atoms with Gasteiger partial charge in [0.25, 0.3) is 5.56 Å². The van der Waals surface area contributed by atoms with Gasteiger partial charge >= 0.3 is 0 Å². The third-order valence-corrected chi connectivity index (χ3v) is 3.59. The van der Waals surface area contributed by atoms with Crippen molar-refractivity contribution in [3.63, 3.8) is 0 Å². The maximum Gasteiger partial charge on any atom is 0.259 e. The van der Waals surface area contributed by atoms with E-state index in [4.69, 9.17) is 0 Å². The molecule has 4 heteroatoms. The molecule has 1 heterocycles. The third kappa shape index (κ3) is 2.89. The highest BCUT2D eigenvalue weighted by Crippen LogP contribution is 2.26. The van der Waals surface area contributed by atoms with E-state index in [0.29, 0.717) is 10.1 Å². The van der Waals surface area contributed by atoms with Crippen molar-refractivity contribution in [1.29, 1.82) is 0 Å². The second kappa shape index (κ2) is 5.20. The highest BCUT2D eigenvalue weighted by atomic mass is 16.4. The number of nitrogens with zero attached hydrogens (tertiary/aromatic N) is 1. The first-order valence-electron chi connectivity index (χ1n) is 6.76. The zero-order chi connectivity index (χ0) is 15.8. The first kappa shape index (κ1) is 15.0. The summed E-state index contributed by atoms with van der Waals surface area (Å²) < 4.78 is 0.586. The maximum atomic E-state index is 12.0.